The fraction of sp³-hybridized carbons (Fsp3) is 0.125. The number of carbonyl (C=O) groups excluding carboxylic acids is 1. The largest absolute Gasteiger partial charge is 0.324 e. The molecule has 1 aromatic rings. The van der Waals surface area contributed by atoms with Crippen molar-refractivity contribution in [3.05, 3.63) is 28.5 Å². The average molecular weight is 186 g/mol. The number of nitrogens with one attached hydrogen (secondary N) is 1. The Hall–Kier alpha value is -1.09. The number of amides is 1. The molecule has 0 bridgehead atoms. The van der Waals surface area contributed by atoms with E-state index in [0.717, 1.165) is 0 Å². The van der Waals surface area contributed by atoms with Gasteiger partial charge in [-0.15, -0.1) is 0 Å². The van der Waals surface area contributed by atoms with E-state index < -0.39 is 0 Å². The van der Waals surface area contributed by atoms with Gasteiger partial charge in [0.25, 0.3) is 0 Å². The molecule has 12 heavy (non-hydrogen) atoms. The highest BCUT2D eigenvalue weighted by molar-refractivity contribution is 6.34. The lowest BCUT2D eigenvalue weighted by Gasteiger charge is -2.00. The maximum absolute atomic E-state index is 13.0. The molecule has 2 rings (SSSR count). The van der Waals surface area contributed by atoms with Crippen molar-refractivity contribution < 1.29 is 9.18 Å². The summed E-state index contributed by atoms with van der Waals surface area (Å²) in [5, 5.41) is 2.88. The summed E-state index contributed by atoms with van der Waals surface area (Å²) in [5.41, 5.74) is 0.786. The summed E-state index contributed by atoms with van der Waals surface area (Å²) < 4.78 is 13.0. The molecule has 1 N–H and O–H groups in total. The van der Waals surface area contributed by atoms with Gasteiger partial charge in [0, 0.05) is 5.56 Å². The predicted octanol–water partition coefficient (Wildman–Crippen LogP) is 1.97. The lowest BCUT2D eigenvalue weighted by molar-refractivity contribution is -0.115. The topological polar surface area (TPSA) is 29.1 Å². The molecule has 1 amide bonds. The van der Waals surface area contributed by atoms with Crippen LogP contribution in [-0.2, 0) is 11.2 Å². The van der Waals surface area contributed by atoms with E-state index in [1.807, 2.05) is 0 Å². The smallest absolute Gasteiger partial charge is 0.229 e. The Morgan fingerprint density at radius 2 is 2.25 bits per heavy atom. The Kier molecular flexibility index (Phi) is 1.54. The van der Waals surface area contributed by atoms with Crippen LogP contribution < -0.4 is 5.32 Å². The maximum atomic E-state index is 13.0. The van der Waals surface area contributed by atoms with Crippen molar-refractivity contribution in [3.8, 4) is 0 Å². The third-order valence-corrected chi connectivity index (χ3v) is 2.12. The van der Waals surface area contributed by atoms with Gasteiger partial charge in [-0.25, -0.2) is 4.39 Å². The summed E-state index contributed by atoms with van der Waals surface area (Å²) in [6, 6.07) is 2.70. The summed E-state index contributed by atoms with van der Waals surface area (Å²) in [6.07, 6.45) is 0.0850. The van der Waals surface area contributed by atoms with Gasteiger partial charge in [0.1, 0.15) is 5.82 Å². The van der Waals surface area contributed by atoms with Crippen molar-refractivity contribution in [3.63, 3.8) is 0 Å². The second-order valence-electron chi connectivity index (χ2n) is 2.61. The van der Waals surface area contributed by atoms with Gasteiger partial charge >= 0.3 is 0 Å². The zero-order chi connectivity index (χ0) is 8.72. The minimum Gasteiger partial charge on any atom is -0.324 e. The van der Waals surface area contributed by atoms with Crippen LogP contribution in [0.3, 0.4) is 0 Å². The van der Waals surface area contributed by atoms with Crippen LogP contribution in [0.4, 0.5) is 10.1 Å². The molecule has 1 aromatic carbocycles. The van der Waals surface area contributed by atoms with Gasteiger partial charge in [-0.2, -0.15) is 0 Å². The van der Waals surface area contributed by atoms with E-state index >= 15 is 0 Å². The minimum absolute atomic E-state index is 0.0850. The number of anilines is 1. The highest BCUT2D eigenvalue weighted by Gasteiger charge is 2.23. The first-order chi connectivity index (χ1) is 5.68. The van der Waals surface area contributed by atoms with E-state index in [4.69, 9.17) is 11.6 Å². The fourth-order valence-electron chi connectivity index (χ4n) is 1.25. The Bertz CT molecular complexity index is 331. The molecule has 0 atom stereocenters. The normalized spacial score (nSPS) is 14.3. The van der Waals surface area contributed by atoms with Gasteiger partial charge in [-0.1, -0.05) is 11.6 Å². The summed E-state index contributed by atoms with van der Waals surface area (Å²) in [6.45, 7) is 0. The molecule has 0 aliphatic carbocycles. The molecular formula is C8H5ClFNO. The van der Waals surface area contributed by atoms with Crippen LogP contribution in [0.2, 0.25) is 5.02 Å². The molecule has 1 heterocycles. The van der Waals surface area contributed by atoms with Crippen molar-refractivity contribution in [2.45, 2.75) is 6.42 Å². The highest BCUT2D eigenvalue weighted by atomic mass is 35.5. The molecule has 62 valence electrons. The number of halogens is 2. The number of carbonyl (C=O) groups is 1. The molecule has 0 fully saturated rings. The third-order valence-electron chi connectivity index (χ3n) is 1.81. The van der Waals surface area contributed by atoms with Crippen LogP contribution in [0.25, 0.3) is 0 Å². The number of rotatable bonds is 0. The van der Waals surface area contributed by atoms with Crippen LogP contribution in [0.15, 0.2) is 12.1 Å². The second kappa shape index (κ2) is 2.45. The van der Waals surface area contributed by atoms with Crippen LogP contribution in [-0.4, -0.2) is 5.91 Å². The van der Waals surface area contributed by atoms with Crippen molar-refractivity contribution in [2.75, 3.05) is 5.32 Å². The van der Waals surface area contributed by atoms with Crippen LogP contribution in [0.1, 0.15) is 5.56 Å². The standard InChI is InChI=1S/C8H5ClFNO/c9-5-1-2-6(10)4-3-7(12)11-8(4)5/h1-2H,3H2,(H,11,12). The minimum atomic E-state index is -0.382. The molecule has 2 nitrogen and oxygen atoms in total. The van der Waals surface area contributed by atoms with E-state index in [9.17, 15) is 9.18 Å². The molecule has 1 aliphatic heterocycles. The predicted molar refractivity (Wildman–Crippen MR) is 43.7 cm³/mol. The third kappa shape index (κ3) is 0.975. The number of fused-ring (bicyclic) bond motifs is 1. The molecule has 0 saturated carbocycles. The summed E-state index contributed by atoms with van der Waals surface area (Å²) in [5.74, 6) is -0.593. The monoisotopic (exact) mass is 185 g/mol. The molecular weight excluding hydrogens is 181 g/mol. The maximum Gasteiger partial charge on any atom is 0.229 e. The molecule has 0 spiro atoms. The van der Waals surface area contributed by atoms with E-state index in [0.29, 0.717) is 16.3 Å². The van der Waals surface area contributed by atoms with Gasteiger partial charge in [-0.05, 0) is 12.1 Å². The lowest BCUT2D eigenvalue weighted by atomic mass is 10.1. The molecule has 0 saturated heterocycles. The van der Waals surface area contributed by atoms with Crippen molar-refractivity contribution in [2.24, 2.45) is 0 Å². The first-order valence-electron chi connectivity index (χ1n) is 3.45. The van der Waals surface area contributed by atoms with E-state index in [2.05, 4.69) is 5.32 Å². The first-order valence-corrected chi connectivity index (χ1v) is 3.83. The fourth-order valence-corrected chi connectivity index (χ4v) is 1.47. The average Bonchev–Trinajstić information content (AvgIpc) is 2.41. The molecule has 4 heteroatoms. The summed E-state index contributed by atoms with van der Waals surface area (Å²) >= 11 is 5.73. The number of hydrogen-bond donors (Lipinski definition) is 1. The van der Waals surface area contributed by atoms with Gasteiger partial charge < -0.3 is 5.32 Å². The van der Waals surface area contributed by atoms with Gasteiger partial charge in [0.05, 0.1) is 17.1 Å². The van der Waals surface area contributed by atoms with Crippen molar-refractivity contribution >= 4 is 23.2 Å². The van der Waals surface area contributed by atoms with Gasteiger partial charge in [-0.3, -0.25) is 4.79 Å². The molecule has 1 aliphatic rings. The van der Waals surface area contributed by atoms with Crippen LogP contribution in [0, 0.1) is 5.82 Å². The Balaban J connectivity index is 2.64. The van der Waals surface area contributed by atoms with Crippen molar-refractivity contribution in [1.82, 2.24) is 0 Å². The Morgan fingerprint density at radius 3 is 2.92 bits per heavy atom. The zero-order valence-corrected chi connectivity index (χ0v) is 6.78. The van der Waals surface area contributed by atoms with E-state index in [-0.39, 0.29) is 18.1 Å². The van der Waals surface area contributed by atoms with Gasteiger partial charge in [0.15, 0.2) is 0 Å². The van der Waals surface area contributed by atoms with Crippen LogP contribution >= 0.6 is 11.6 Å². The second-order valence-corrected chi connectivity index (χ2v) is 3.01. The summed E-state index contributed by atoms with van der Waals surface area (Å²) in [4.78, 5) is 10.9. The van der Waals surface area contributed by atoms with E-state index in [1.165, 1.54) is 12.1 Å². The summed E-state index contributed by atoms with van der Waals surface area (Å²) in [7, 11) is 0. The first kappa shape index (κ1) is 7.55. The molecule has 0 unspecified atom stereocenters. The lowest BCUT2D eigenvalue weighted by Crippen LogP contribution is -2.03. The molecule has 0 aromatic heterocycles. The quantitative estimate of drug-likeness (QED) is 0.658. The van der Waals surface area contributed by atoms with Crippen LogP contribution in [0.5, 0.6) is 0 Å². The Labute approximate surface area is 73.3 Å². The molecule has 0 radical (unpaired) electrons. The Morgan fingerprint density at radius 1 is 1.50 bits per heavy atom. The van der Waals surface area contributed by atoms with Gasteiger partial charge in [0.2, 0.25) is 5.91 Å². The highest BCUT2D eigenvalue weighted by Crippen LogP contribution is 2.32. The van der Waals surface area contributed by atoms with Crippen molar-refractivity contribution in [1.29, 1.82) is 0 Å². The number of hydrogen-bond acceptors (Lipinski definition) is 1. The number of benzene rings is 1. The zero-order valence-electron chi connectivity index (χ0n) is 6.03. The SMILES string of the molecule is O=C1Cc2c(F)ccc(Cl)c2N1. The van der Waals surface area contributed by atoms with E-state index in [1.54, 1.807) is 0 Å².